The quantitative estimate of drug-likeness (QED) is 0.551. The molecule has 1 saturated heterocycles. The molecule has 1 fully saturated rings. The van der Waals surface area contributed by atoms with Gasteiger partial charge >= 0.3 is 0 Å². The van der Waals surface area contributed by atoms with Crippen LogP contribution in [0.15, 0.2) is 4.99 Å². The van der Waals surface area contributed by atoms with Gasteiger partial charge in [-0.25, -0.2) is 4.98 Å². The van der Waals surface area contributed by atoms with Crippen molar-refractivity contribution in [1.82, 2.24) is 9.97 Å². The van der Waals surface area contributed by atoms with Gasteiger partial charge in [-0.3, -0.25) is 4.99 Å². The van der Waals surface area contributed by atoms with Gasteiger partial charge in [-0.15, -0.1) is 0 Å². The van der Waals surface area contributed by atoms with E-state index in [0.29, 0.717) is 24.2 Å². The number of nitrogens with two attached hydrogens (primary N) is 1. The highest BCUT2D eigenvalue weighted by Gasteiger charge is 2.34. The van der Waals surface area contributed by atoms with Gasteiger partial charge in [0.05, 0.1) is 24.5 Å². The van der Waals surface area contributed by atoms with E-state index in [1.54, 1.807) is 13.1 Å². The van der Waals surface area contributed by atoms with Crippen LogP contribution in [0.4, 0.5) is 11.5 Å². The monoisotopic (exact) mass is 300 g/mol. The molecule has 2 rings (SSSR count). The van der Waals surface area contributed by atoms with Gasteiger partial charge in [-0.2, -0.15) is 4.98 Å². The Labute approximate surface area is 121 Å². The predicted molar refractivity (Wildman–Crippen MR) is 75.4 cm³/mol. The molecule has 0 aromatic carbocycles. The number of anilines is 1. The number of aliphatic hydroxyl groups is 2. The molecule has 1 aliphatic heterocycles. The second-order valence-corrected chi connectivity index (χ2v) is 4.88. The Morgan fingerprint density at radius 2 is 2.30 bits per heavy atom. The van der Waals surface area contributed by atoms with Gasteiger partial charge in [-0.1, -0.05) is 0 Å². The molecule has 0 aliphatic carbocycles. The summed E-state index contributed by atoms with van der Waals surface area (Å²) in [4.78, 5) is 12.1. The summed E-state index contributed by atoms with van der Waals surface area (Å²) in [5.74, 6) is 0.204. The van der Waals surface area contributed by atoms with Crippen molar-refractivity contribution in [2.75, 3.05) is 12.3 Å². The summed E-state index contributed by atoms with van der Waals surface area (Å²) in [5.41, 5.74) is 6.81. The van der Waals surface area contributed by atoms with Crippen LogP contribution >= 0.6 is 11.6 Å². The van der Waals surface area contributed by atoms with E-state index in [9.17, 15) is 5.11 Å². The van der Waals surface area contributed by atoms with Crippen LogP contribution in [0.5, 0.6) is 0 Å². The Morgan fingerprint density at radius 3 is 2.90 bits per heavy atom. The molecule has 4 N–H and O–H groups in total. The zero-order valence-electron chi connectivity index (χ0n) is 11.0. The van der Waals surface area contributed by atoms with Crippen LogP contribution in [-0.2, 0) is 11.2 Å². The Kier molecular flexibility index (Phi) is 4.87. The van der Waals surface area contributed by atoms with Crippen LogP contribution in [0.25, 0.3) is 0 Å². The minimum Gasteiger partial charge on any atom is -0.394 e. The first-order chi connectivity index (χ1) is 9.55. The normalized spacial score (nSPS) is 26.5. The zero-order valence-corrected chi connectivity index (χ0v) is 11.8. The third kappa shape index (κ3) is 3.24. The Bertz CT molecular complexity index is 512. The van der Waals surface area contributed by atoms with Gasteiger partial charge in [0.25, 0.3) is 0 Å². The highest BCUT2D eigenvalue weighted by Crippen LogP contribution is 2.30. The molecule has 110 valence electrons. The highest BCUT2D eigenvalue weighted by molar-refractivity contribution is 6.28. The third-order valence-corrected chi connectivity index (χ3v) is 3.28. The molecule has 0 unspecified atom stereocenters. The SMILES string of the molecule is C/C=N\c1c(N)nc(Cl)nc1C[C@H]1C[C@H](O)[C@@H](CO)O1. The lowest BCUT2D eigenvalue weighted by molar-refractivity contribution is -0.0216. The largest absolute Gasteiger partial charge is 0.394 e. The number of nitrogens with zero attached hydrogens (tertiary/aromatic N) is 3. The minimum atomic E-state index is -0.683. The maximum Gasteiger partial charge on any atom is 0.224 e. The molecule has 2 heterocycles. The maximum absolute atomic E-state index is 9.72. The van der Waals surface area contributed by atoms with Crippen molar-refractivity contribution in [1.29, 1.82) is 0 Å². The number of ether oxygens (including phenoxy) is 1. The first-order valence-electron chi connectivity index (χ1n) is 6.30. The van der Waals surface area contributed by atoms with Gasteiger partial charge in [-0.05, 0) is 18.5 Å². The standard InChI is InChI=1S/C12H17ClN4O3/c1-2-15-10-7(16-12(13)17-11(10)14)3-6-4-8(19)9(5-18)20-6/h2,6,8-9,18-19H,3-5H2,1H3,(H2,14,16,17)/b15-2-/t6-,8-,9+/m0/s1. The van der Waals surface area contributed by atoms with E-state index in [4.69, 9.17) is 27.2 Å². The molecule has 3 atom stereocenters. The van der Waals surface area contributed by atoms with Gasteiger partial charge in [0, 0.05) is 19.1 Å². The second-order valence-electron chi connectivity index (χ2n) is 4.55. The number of halogens is 1. The van der Waals surface area contributed by atoms with E-state index in [1.165, 1.54) is 0 Å². The first-order valence-corrected chi connectivity index (χ1v) is 6.67. The fraction of sp³-hybridized carbons (Fsp3) is 0.583. The summed E-state index contributed by atoms with van der Waals surface area (Å²) < 4.78 is 5.54. The second kappa shape index (κ2) is 6.45. The van der Waals surface area contributed by atoms with Crippen molar-refractivity contribution in [2.24, 2.45) is 4.99 Å². The lowest BCUT2D eigenvalue weighted by Crippen LogP contribution is -2.24. The predicted octanol–water partition coefficient (Wildman–Crippen LogP) is 0.488. The molecule has 0 bridgehead atoms. The van der Waals surface area contributed by atoms with Gasteiger partial charge < -0.3 is 20.7 Å². The van der Waals surface area contributed by atoms with Crippen LogP contribution in [0.1, 0.15) is 19.0 Å². The van der Waals surface area contributed by atoms with Crippen LogP contribution in [-0.4, -0.2) is 51.3 Å². The topological polar surface area (TPSA) is 114 Å². The van der Waals surface area contributed by atoms with Gasteiger partial charge in [0.2, 0.25) is 5.28 Å². The Hall–Kier alpha value is -1.28. The number of aromatic nitrogens is 2. The number of hydrogen-bond acceptors (Lipinski definition) is 7. The molecule has 20 heavy (non-hydrogen) atoms. The smallest absolute Gasteiger partial charge is 0.224 e. The van der Waals surface area contributed by atoms with E-state index in [2.05, 4.69) is 15.0 Å². The van der Waals surface area contributed by atoms with Crippen molar-refractivity contribution < 1.29 is 14.9 Å². The van der Waals surface area contributed by atoms with Crippen LogP contribution in [0.2, 0.25) is 5.28 Å². The fourth-order valence-electron chi connectivity index (χ4n) is 2.23. The van der Waals surface area contributed by atoms with E-state index >= 15 is 0 Å². The Morgan fingerprint density at radius 1 is 1.55 bits per heavy atom. The molecule has 1 aromatic heterocycles. The molecular formula is C12H17ClN4O3. The van der Waals surface area contributed by atoms with Crippen molar-refractivity contribution in [3.8, 4) is 0 Å². The molecule has 7 nitrogen and oxygen atoms in total. The van der Waals surface area contributed by atoms with E-state index in [0.717, 1.165) is 0 Å². The van der Waals surface area contributed by atoms with Crippen molar-refractivity contribution in [3.05, 3.63) is 11.0 Å². The molecule has 1 aromatic rings. The molecule has 0 saturated carbocycles. The van der Waals surface area contributed by atoms with E-state index in [1.807, 2.05) is 0 Å². The van der Waals surface area contributed by atoms with Crippen molar-refractivity contribution in [3.63, 3.8) is 0 Å². The summed E-state index contributed by atoms with van der Waals surface area (Å²) in [6.45, 7) is 1.54. The average Bonchev–Trinajstić information content (AvgIpc) is 2.73. The van der Waals surface area contributed by atoms with Gasteiger partial charge in [0.1, 0.15) is 11.8 Å². The molecule has 8 heteroatoms. The molecule has 0 amide bonds. The number of aliphatic imine (C=N–C) groups is 1. The highest BCUT2D eigenvalue weighted by atomic mass is 35.5. The van der Waals surface area contributed by atoms with Crippen molar-refractivity contribution >= 4 is 29.3 Å². The summed E-state index contributed by atoms with van der Waals surface area (Å²) in [7, 11) is 0. The minimum absolute atomic E-state index is 0.0461. The summed E-state index contributed by atoms with van der Waals surface area (Å²) >= 11 is 5.81. The van der Waals surface area contributed by atoms with E-state index < -0.39 is 12.2 Å². The molecular weight excluding hydrogens is 284 g/mol. The van der Waals surface area contributed by atoms with Crippen molar-refractivity contribution in [2.45, 2.75) is 38.1 Å². The summed E-state index contributed by atoms with van der Waals surface area (Å²) in [6.07, 6.45) is 0.895. The average molecular weight is 301 g/mol. The van der Waals surface area contributed by atoms with Gasteiger partial charge in [0.15, 0.2) is 5.82 Å². The number of nitrogen functional groups attached to an aromatic ring is 1. The maximum atomic E-state index is 9.72. The first kappa shape index (κ1) is 15.1. The third-order valence-electron chi connectivity index (χ3n) is 3.12. The molecule has 0 radical (unpaired) electrons. The number of rotatable bonds is 4. The fourth-order valence-corrected chi connectivity index (χ4v) is 2.42. The number of aliphatic hydroxyl groups excluding tert-OH is 2. The molecule has 1 aliphatic rings. The van der Waals surface area contributed by atoms with Crippen LogP contribution < -0.4 is 5.73 Å². The van der Waals surface area contributed by atoms with Crippen LogP contribution in [0, 0.1) is 0 Å². The number of hydrogen-bond donors (Lipinski definition) is 3. The summed E-state index contributed by atoms with van der Waals surface area (Å²) in [5, 5.41) is 18.8. The lowest BCUT2D eigenvalue weighted by Gasteiger charge is -2.13. The summed E-state index contributed by atoms with van der Waals surface area (Å²) in [6, 6.07) is 0. The zero-order chi connectivity index (χ0) is 14.7. The lowest BCUT2D eigenvalue weighted by atomic mass is 10.1. The Balaban J connectivity index is 2.21. The molecule has 0 spiro atoms. The van der Waals surface area contributed by atoms with E-state index in [-0.39, 0.29) is 23.8 Å². The van der Waals surface area contributed by atoms with Crippen LogP contribution in [0.3, 0.4) is 0 Å².